The molecule has 0 saturated carbocycles. The van der Waals surface area contributed by atoms with Gasteiger partial charge in [0.05, 0.1) is 0 Å². The smallest absolute Gasteiger partial charge is 0.269 e. The van der Waals surface area contributed by atoms with E-state index in [1.807, 2.05) is 43.3 Å². The Morgan fingerprint density at radius 3 is 2.59 bits per heavy atom. The van der Waals surface area contributed by atoms with E-state index in [1.54, 1.807) is 12.1 Å². The molecule has 1 N–H and O–H groups in total. The van der Waals surface area contributed by atoms with Crippen LogP contribution in [0.1, 0.15) is 15.2 Å². The van der Waals surface area contributed by atoms with E-state index >= 15 is 0 Å². The lowest BCUT2D eigenvalue weighted by atomic mass is 10.1. The number of rotatable bonds is 3. The van der Waals surface area contributed by atoms with E-state index in [9.17, 15) is 4.79 Å². The average molecular weight is 330 g/mol. The summed E-state index contributed by atoms with van der Waals surface area (Å²) in [7, 11) is 0. The zero-order chi connectivity index (χ0) is 15.5. The summed E-state index contributed by atoms with van der Waals surface area (Å²) in [6.45, 7) is 1.95. The van der Waals surface area contributed by atoms with Crippen molar-refractivity contribution in [2.75, 3.05) is 5.32 Å². The number of halogens is 1. The zero-order valence-corrected chi connectivity index (χ0v) is 13.3. The number of hydrogen-bond acceptors (Lipinski definition) is 4. The van der Waals surface area contributed by atoms with E-state index < -0.39 is 0 Å². The van der Waals surface area contributed by atoms with E-state index in [-0.39, 0.29) is 5.91 Å². The lowest BCUT2D eigenvalue weighted by Gasteiger charge is -2.07. The molecule has 0 fully saturated rings. The molecule has 110 valence electrons. The maximum absolute atomic E-state index is 12.5. The van der Waals surface area contributed by atoms with Crippen molar-refractivity contribution >= 4 is 34.7 Å². The number of amides is 1. The highest BCUT2D eigenvalue weighted by atomic mass is 35.5. The van der Waals surface area contributed by atoms with E-state index in [1.165, 1.54) is 0 Å². The number of aromatic nitrogens is 2. The number of carbonyl (C=O) groups is 1. The molecule has 0 saturated heterocycles. The summed E-state index contributed by atoms with van der Waals surface area (Å²) in [5.41, 5.74) is 3.16. The predicted molar refractivity (Wildman–Crippen MR) is 89.5 cm³/mol. The molecular formula is C16H12ClN3OS. The van der Waals surface area contributed by atoms with Crippen molar-refractivity contribution in [3.05, 3.63) is 64.0 Å². The second-order valence-corrected chi connectivity index (χ2v) is 5.92. The Kier molecular flexibility index (Phi) is 4.18. The molecule has 0 bridgehead atoms. The van der Waals surface area contributed by atoms with Crippen LogP contribution in [0.25, 0.3) is 11.3 Å². The minimum Gasteiger partial charge on any atom is -0.321 e. The monoisotopic (exact) mass is 329 g/mol. The Balaban J connectivity index is 1.90. The maximum Gasteiger partial charge on any atom is 0.269 e. The normalized spacial score (nSPS) is 10.5. The highest BCUT2D eigenvalue weighted by Crippen LogP contribution is 2.26. The van der Waals surface area contributed by atoms with Gasteiger partial charge in [-0.25, -0.2) is 0 Å². The largest absolute Gasteiger partial charge is 0.321 e. The van der Waals surface area contributed by atoms with Gasteiger partial charge in [0.1, 0.15) is 10.6 Å². The summed E-state index contributed by atoms with van der Waals surface area (Å²) in [5, 5.41) is 7.60. The molecule has 1 amide bonds. The number of anilines is 1. The van der Waals surface area contributed by atoms with Gasteiger partial charge in [-0.2, -0.15) is 0 Å². The predicted octanol–water partition coefficient (Wildman–Crippen LogP) is 4.42. The highest BCUT2D eigenvalue weighted by Gasteiger charge is 2.18. The zero-order valence-electron chi connectivity index (χ0n) is 11.7. The number of hydrogen-bond donors (Lipinski definition) is 1. The standard InChI is InChI=1S/C16H12ClN3OS/c1-10-4-2-3-5-13(10)18-16(21)15-14(19-20-22-15)11-6-8-12(17)9-7-11/h2-9H,1H3,(H,18,21). The quantitative estimate of drug-likeness (QED) is 0.774. The summed E-state index contributed by atoms with van der Waals surface area (Å²) in [6, 6.07) is 14.8. The Hall–Kier alpha value is -2.24. The van der Waals surface area contributed by atoms with Gasteiger partial charge in [0.15, 0.2) is 0 Å². The fourth-order valence-electron chi connectivity index (χ4n) is 2.03. The van der Waals surface area contributed by atoms with Gasteiger partial charge < -0.3 is 5.32 Å². The molecule has 0 radical (unpaired) electrons. The first kappa shape index (κ1) is 14.7. The van der Waals surface area contributed by atoms with Gasteiger partial charge in [0.25, 0.3) is 5.91 Å². The van der Waals surface area contributed by atoms with E-state index in [0.29, 0.717) is 15.6 Å². The van der Waals surface area contributed by atoms with Gasteiger partial charge in [-0.05, 0) is 42.2 Å². The number of carbonyl (C=O) groups excluding carboxylic acids is 1. The number of nitrogens with one attached hydrogen (secondary N) is 1. The molecule has 0 spiro atoms. The lowest BCUT2D eigenvalue weighted by molar-refractivity contribution is 0.103. The van der Waals surface area contributed by atoms with Gasteiger partial charge in [0, 0.05) is 16.3 Å². The third-order valence-electron chi connectivity index (χ3n) is 3.21. The molecule has 0 aliphatic carbocycles. The third-order valence-corrected chi connectivity index (χ3v) is 4.18. The van der Waals surface area contributed by atoms with Crippen LogP contribution >= 0.6 is 23.1 Å². The van der Waals surface area contributed by atoms with Crippen molar-refractivity contribution in [3.8, 4) is 11.3 Å². The molecular weight excluding hydrogens is 318 g/mol. The molecule has 3 aromatic rings. The Labute approximate surface area is 136 Å². The second kappa shape index (κ2) is 6.25. The molecule has 4 nitrogen and oxygen atoms in total. The third kappa shape index (κ3) is 3.00. The van der Waals surface area contributed by atoms with Crippen molar-refractivity contribution in [2.24, 2.45) is 0 Å². The Morgan fingerprint density at radius 2 is 1.86 bits per heavy atom. The van der Waals surface area contributed by atoms with Gasteiger partial charge in [-0.15, -0.1) is 5.10 Å². The first-order valence-electron chi connectivity index (χ1n) is 6.60. The maximum atomic E-state index is 12.5. The van der Waals surface area contributed by atoms with Crippen LogP contribution < -0.4 is 5.32 Å². The van der Waals surface area contributed by atoms with Crippen LogP contribution in [0.5, 0.6) is 0 Å². The molecule has 3 rings (SSSR count). The number of para-hydroxylation sites is 1. The van der Waals surface area contributed by atoms with Gasteiger partial charge in [0.2, 0.25) is 0 Å². The van der Waals surface area contributed by atoms with E-state index in [4.69, 9.17) is 11.6 Å². The van der Waals surface area contributed by atoms with Crippen molar-refractivity contribution in [2.45, 2.75) is 6.92 Å². The molecule has 0 aliphatic heterocycles. The van der Waals surface area contributed by atoms with Crippen LogP contribution in [-0.2, 0) is 0 Å². The average Bonchev–Trinajstić information content (AvgIpc) is 3.00. The molecule has 0 aliphatic rings. The summed E-state index contributed by atoms with van der Waals surface area (Å²) in [5.74, 6) is -0.214. The van der Waals surface area contributed by atoms with Gasteiger partial charge in [-0.3, -0.25) is 4.79 Å². The minimum absolute atomic E-state index is 0.214. The van der Waals surface area contributed by atoms with E-state index in [0.717, 1.165) is 28.3 Å². The molecule has 1 heterocycles. The summed E-state index contributed by atoms with van der Waals surface area (Å²) < 4.78 is 3.90. The van der Waals surface area contributed by atoms with Crippen molar-refractivity contribution in [1.29, 1.82) is 0 Å². The van der Waals surface area contributed by atoms with Crippen LogP contribution in [0.15, 0.2) is 48.5 Å². The number of benzene rings is 2. The van der Waals surface area contributed by atoms with Crippen LogP contribution in [0.3, 0.4) is 0 Å². The highest BCUT2D eigenvalue weighted by molar-refractivity contribution is 7.08. The molecule has 6 heteroatoms. The molecule has 1 aromatic heterocycles. The topological polar surface area (TPSA) is 54.9 Å². The Bertz CT molecular complexity index is 814. The summed E-state index contributed by atoms with van der Waals surface area (Å²) >= 11 is 6.96. The van der Waals surface area contributed by atoms with Crippen LogP contribution in [0, 0.1) is 6.92 Å². The number of nitrogens with zero attached hydrogens (tertiary/aromatic N) is 2. The fraction of sp³-hybridized carbons (Fsp3) is 0.0625. The van der Waals surface area contributed by atoms with Gasteiger partial charge >= 0.3 is 0 Å². The SMILES string of the molecule is Cc1ccccc1NC(=O)c1snnc1-c1ccc(Cl)cc1. The Morgan fingerprint density at radius 1 is 1.14 bits per heavy atom. The van der Waals surface area contributed by atoms with Crippen molar-refractivity contribution in [3.63, 3.8) is 0 Å². The number of aryl methyl sites for hydroxylation is 1. The van der Waals surface area contributed by atoms with Crippen LogP contribution in [0.4, 0.5) is 5.69 Å². The lowest BCUT2D eigenvalue weighted by Crippen LogP contribution is -2.12. The summed E-state index contributed by atoms with van der Waals surface area (Å²) in [4.78, 5) is 13.0. The molecule has 2 aromatic carbocycles. The van der Waals surface area contributed by atoms with Crippen molar-refractivity contribution in [1.82, 2.24) is 9.59 Å². The van der Waals surface area contributed by atoms with Crippen LogP contribution in [-0.4, -0.2) is 15.5 Å². The minimum atomic E-state index is -0.214. The van der Waals surface area contributed by atoms with Crippen molar-refractivity contribution < 1.29 is 4.79 Å². The van der Waals surface area contributed by atoms with Crippen LogP contribution in [0.2, 0.25) is 5.02 Å². The summed E-state index contributed by atoms with van der Waals surface area (Å²) in [6.07, 6.45) is 0. The molecule has 0 unspecified atom stereocenters. The van der Waals surface area contributed by atoms with Gasteiger partial charge in [-0.1, -0.05) is 46.4 Å². The second-order valence-electron chi connectivity index (χ2n) is 4.73. The molecule has 0 atom stereocenters. The van der Waals surface area contributed by atoms with E-state index in [2.05, 4.69) is 14.9 Å². The first-order valence-corrected chi connectivity index (χ1v) is 7.75. The fourth-order valence-corrected chi connectivity index (χ4v) is 2.74. The molecule has 22 heavy (non-hydrogen) atoms. The first-order chi connectivity index (χ1) is 10.6.